The standard InChI is InChI=1S/C19H20F3NO3/c20-19(21,22)16-9-8-15(13-24)17(11-16)23(10-4-7-18(25)26)12-14-5-2-1-3-6-14/h1-3,5-6,8-9,11,13,18,25-26H,4,7,10,12H2. The van der Waals surface area contributed by atoms with Crippen molar-refractivity contribution >= 4 is 12.0 Å². The lowest BCUT2D eigenvalue weighted by Gasteiger charge is -2.27. The fourth-order valence-corrected chi connectivity index (χ4v) is 2.65. The van der Waals surface area contributed by atoms with E-state index >= 15 is 0 Å². The fraction of sp³-hybridized carbons (Fsp3) is 0.316. The Labute approximate surface area is 149 Å². The molecule has 4 nitrogen and oxygen atoms in total. The number of rotatable bonds is 8. The summed E-state index contributed by atoms with van der Waals surface area (Å²) >= 11 is 0. The van der Waals surface area contributed by atoms with Crippen molar-refractivity contribution in [2.45, 2.75) is 31.9 Å². The molecule has 0 aliphatic carbocycles. The molecule has 2 aromatic carbocycles. The van der Waals surface area contributed by atoms with Gasteiger partial charge in [-0.25, -0.2) is 0 Å². The average molecular weight is 367 g/mol. The van der Waals surface area contributed by atoms with Gasteiger partial charge in [-0.15, -0.1) is 0 Å². The van der Waals surface area contributed by atoms with Crippen molar-refractivity contribution in [1.29, 1.82) is 0 Å². The maximum Gasteiger partial charge on any atom is 0.416 e. The first-order valence-corrected chi connectivity index (χ1v) is 8.12. The summed E-state index contributed by atoms with van der Waals surface area (Å²) in [5.74, 6) is 0. The Morgan fingerprint density at radius 3 is 2.35 bits per heavy atom. The van der Waals surface area contributed by atoms with Crippen molar-refractivity contribution in [2.24, 2.45) is 0 Å². The second-order valence-corrected chi connectivity index (χ2v) is 5.92. The molecule has 0 spiro atoms. The maximum absolute atomic E-state index is 13.1. The molecule has 0 aliphatic rings. The molecule has 26 heavy (non-hydrogen) atoms. The van der Waals surface area contributed by atoms with Crippen LogP contribution in [0.3, 0.4) is 0 Å². The fourth-order valence-electron chi connectivity index (χ4n) is 2.65. The van der Waals surface area contributed by atoms with Crippen LogP contribution in [0.5, 0.6) is 0 Å². The number of hydrogen-bond acceptors (Lipinski definition) is 4. The molecule has 2 rings (SSSR count). The molecule has 0 saturated carbocycles. The van der Waals surface area contributed by atoms with E-state index in [9.17, 15) is 18.0 Å². The highest BCUT2D eigenvalue weighted by Gasteiger charge is 2.31. The molecule has 0 saturated heterocycles. The van der Waals surface area contributed by atoms with Gasteiger partial charge in [0.15, 0.2) is 12.6 Å². The van der Waals surface area contributed by atoms with E-state index in [0.717, 1.165) is 23.8 Å². The predicted molar refractivity (Wildman–Crippen MR) is 91.8 cm³/mol. The molecule has 2 aromatic rings. The first-order valence-electron chi connectivity index (χ1n) is 8.12. The van der Waals surface area contributed by atoms with Crippen molar-refractivity contribution in [3.8, 4) is 0 Å². The van der Waals surface area contributed by atoms with Crippen LogP contribution in [-0.2, 0) is 12.7 Å². The van der Waals surface area contributed by atoms with E-state index in [1.165, 1.54) is 0 Å². The summed E-state index contributed by atoms with van der Waals surface area (Å²) in [4.78, 5) is 13.0. The molecule has 0 unspecified atom stereocenters. The Bertz CT molecular complexity index is 718. The van der Waals surface area contributed by atoms with E-state index < -0.39 is 18.0 Å². The van der Waals surface area contributed by atoms with Crippen LogP contribution in [0.25, 0.3) is 0 Å². The third-order valence-corrected chi connectivity index (χ3v) is 3.93. The first kappa shape index (κ1) is 19.9. The Morgan fingerprint density at radius 2 is 1.77 bits per heavy atom. The summed E-state index contributed by atoms with van der Waals surface area (Å²) < 4.78 is 39.2. The summed E-state index contributed by atoms with van der Waals surface area (Å²) in [6, 6.07) is 12.1. The summed E-state index contributed by atoms with van der Waals surface area (Å²) in [5, 5.41) is 18.0. The summed E-state index contributed by atoms with van der Waals surface area (Å²) in [6.45, 7) is 0.569. The van der Waals surface area contributed by atoms with Crippen LogP contribution in [0, 0.1) is 0 Å². The maximum atomic E-state index is 13.1. The van der Waals surface area contributed by atoms with Gasteiger partial charge in [-0.2, -0.15) is 13.2 Å². The van der Waals surface area contributed by atoms with Crippen LogP contribution < -0.4 is 4.90 Å². The van der Waals surface area contributed by atoms with Crippen LogP contribution in [0.1, 0.15) is 34.3 Å². The van der Waals surface area contributed by atoms with Crippen molar-refractivity contribution in [3.63, 3.8) is 0 Å². The van der Waals surface area contributed by atoms with E-state index in [1.54, 1.807) is 4.90 Å². The Balaban J connectivity index is 2.37. The zero-order chi connectivity index (χ0) is 19.2. The lowest BCUT2D eigenvalue weighted by Crippen LogP contribution is -2.26. The third-order valence-electron chi connectivity index (χ3n) is 3.93. The highest BCUT2D eigenvalue weighted by atomic mass is 19.4. The van der Waals surface area contributed by atoms with Gasteiger partial charge in [-0.05, 0) is 36.6 Å². The minimum atomic E-state index is -4.52. The lowest BCUT2D eigenvalue weighted by atomic mass is 10.1. The first-order chi connectivity index (χ1) is 12.3. The molecule has 2 N–H and O–H groups in total. The van der Waals surface area contributed by atoms with Crippen LogP contribution in [-0.4, -0.2) is 29.3 Å². The molecule has 7 heteroatoms. The van der Waals surface area contributed by atoms with Gasteiger partial charge in [0, 0.05) is 24.3 Å². The number of benzene rings is 2. The third kappa shape index (κ3) is 5.57. The van der Waals surface area contributed by atoms with Crippen molar-refractivity contribution in [1.82, 2.24) is 0 Å². The van der Waals surface area contributed by atoms with Gasteiger partial charge in [0.2, 0.25) is 0 Å². The summed E-state index contributed by atoms with van der Waals surface area (Å²) in [7, 11) is 0. The van der Waals surface area contributed by atoms with Crippen LogP contribution in [0.15, 0.2) is 48.5 Å². The van der Waals surface area contributed by atoms with Crippen LogP contribution >= 0.6 is 0 Å². The van der Waals surface area contributed by atoms with E-state index in [0.29, 0.717) is 19.3 Å². The predicted octanol–water partition coefficient (Wildman–Crippen LogP) is 3.62. The number of aliphatic hydroxyl groups excluding tert-OH is 1. The zero-order valence-corrected chi connectivity index (χ0v) is 14.0. The molecule has 0 amide bonds. The zero-order valence-electron chi connectivity index (χ0n) is 14.0. The molecule has 140 valence electrons. The van der Waals surface area contributed by atoms with Gasteiger partial charge in [0.1, 0.15) is 0 Å². The molecular weight excluding hydrogens is 347 g/mol. The summed E-state index contributed by atoms with van der Waals surface area (Å²) in [5.41, 5.74) is 0.356. The molecule has 0 radical (unpaired) electrons. The van der Waals surface area contributed by atoms with Crippen molar-refractivity contribution in [2.75, 3.05) is 11.4 Å². The molecule has 0 aliphatic heterocycles. The second kappa shape index (κ2) is 8.82. The van der Waals surface area contributed by atoms with Gasteiger partial charge in [-0.3, -0.25) is 4.79 Å². The van der Waals surface area contributed by atoms with Gasteiger partial charge >= 0.3 is 6.18 Å². The number of anilines is 1. The minimum Gasteiger partial charge on any atom is -0.368 e. The van der Waals surface area contributed by atoms with Gasteiger partial charge in [0.05, 0.1) is 5.56 Å². The molecule has 0 fully saturated rings. The topological polar surface area (TPSA) is 60.8 Å². The Morgan fingerprint density at radius 1 is 1.08 bits per heavy atom. The molecule has 0 aromatic heterocycles. The number of nitrogens with zero attached hydrogens (tertiary/aromatic N) is 1. The number of hydrogen-bond donors (Lipinski definition) is 2. The monoisotopic (exact) mass is 367 g/mol. The van der Waals surface area contributed by atoms with Gasteiger partial charge in [-0.1, -0.05) is 30.3 Å². The second-order valence-electron chi connectivity index (χ2n) is 5.92. The SMILES string of the molecule is O=Cc1ccc(C(F)(F)F)cc1N(CCCC(O)O)Cc1ccccc1. The van der Waals surface area contributed by atoms with Gasteiger partial charge < -0.3 is 15.1 Å². The highest BCUT2D eigenvalue weighted by Crippen LogP contribution is 2.33. The number of aliphatic hydroxyl groups is 2. The minimum absolute atomic E-state index is 0.0840. The average Bonchev–Trinajstić information content (AvgIpc) is 2.60. The number of alkyl halides is 3. The van der Waals surface area contributed by atoms with Crippen molar-refractivity contribution < 1.29 is 28.2 Å². The van der Waals surface area contributed by atoms with E-state index in [1.807, 2.05) is 30.3 Å². The van der Waals surface area contributed by atoms with Crippen LogP contribution in [0.4, 0.5) is 18.9 Å². The number of halogens is 3. The summed E-state index contributed by atoms with van der Waals surface area (Å²) in [6.07, 6.45) is -5.05. The molecule has 0 heterocycles. The Kier molecular flexibility index (Phi) is 6.76. The quantitative estimate of drug-likeness (QED) is 0.553. The van der Waals surface area contributed by atoms with Crippen LogP contribution in [0.2, 0.25) is 0 Å². The van der Waals surface area contributed by atoms with Crippen molar-refractivity contribution in [3.05, 3.63) is 65.2 Å². The van der Waals surface area contributed by atoms with E-state index in [4.69, 9.17) is 10.2 Å². The normalized spacial score (nSPS) is 11.6. The smallest absolute Gasteiger partial charge is 0.368 e. The largest absolute Gasteiger partial charge is 0.416 e. The highest BCUT2D eigenvalue weighted by molar-refractivity contribution is 5.85. The van der Waals surface area contributed by atoms with E-state index in [2.05, 4.69) is 0 Å². The number of carbonyl (C=O) groups excluding carboxylic acids is 1. The number of carbonyl (C=O) groups is 1. The molecule has 0 bridgehead atoms. The van der Waals surface area contributed by atoms with Gasteiger partial charge in [0.25, 0.3) is 0 Å². The Hall–Kier alpha value is -2.38. The van der Waals surface area contributed by atoms with E-state index in [-0.39, 0.29) is 24.2 Å². The molecule has 0 atom stereocenters. The lowest BCUT2D eigenvalue weighted by molar-refractivity contribution is -0.137. The molecular formula is C19H20F3NO3. The number of aldehydes is 1.